The zero-order chi connectivity index (χ0) is 15.3. The lowest BCUT2D eigenvalue weighted by atomic mass is 9.94. The van der Waals surface area contributed by atoms with Crippen molar-refractivity contribution >= 4 is 11.9 Å². The SMILES string of the molecule is C=C(OC(=O)C1CC2C=CC1C2)OC(=O)C1CC2C=CC1C2. The van der Waals surface area contributed by atoms with E-state index >= 15 is 0 Å². The van der Waals surface area contributed by atoms with Crippen molar-refractivity contribution in [3.05, 3.63) is 36.8 Å². The molecule has 4 bridgehead atoms. The van der Waals surface area contributed by atoms with Gasteiger partial charge in [-0.3, -0.25) is 9.59 Å². The smallest absolute Gasteiger partial charge is 0.317 e. The maximum atomic E-state index is 12.2. The molecule has 0 N–H and O–H groups in total. The number of allylic oxidation sites excluding steroid dienone is 4. The van der Waals surface area contributed by atoms with E-state index in [2.05, 4.69) is 30.9 Å². The average molecular weight is 300 g/mol. The zero-order valence-electron chi connectivity index (χ0n) is 12.4. The highest BCUT2D eigenvalue weighted by molar-refractivity contribution is 5.77. The Morgan fingerprint density at radius 1 is 0.773 bits per heavy atom. The van der Waals surface area contributed by atoms with Crippen LogP contribution >= 0.6 is 0 Å². The Morgan fingerprint density at radius 2 is 1.23 bits per heavy atom. The van der Waals surface area contributed by atoms with Crippen molar-refractivity contribution < 1.29 is 19.1 Å². The van der Waals surface area contributed by atoms with E-state index < -0.39 is 0 Å². The van der Waals surface area contributed by atoms with Gasteiger partial charge in [-0.25, -0.2) is 0 Å². The van der Waals surface area contributed by atoms with Crippen LogP contribution in [0.2, 0.25) is 0 Å². The minimum atomic E-state index is -0.317. The number of fused-ring (bicyclic) bond motifs is 4. The molecule has 4 heteroatoms. The Balaban J connectivity index is 1.29. The summed E-state index contributed by atoms with van der Waals surface area (Å²) >= 11 is 0. The fourth-order valence-corrected chi connectivity index (χ4v) is 4.50. The maximum absolute atomic E-state index is 12.2. The second-order valence-electron chi connectivity index (χ2n) is 6.99. The Labute approximate surface area is 129 Å². The number of ether oxygens (including phenoxy) is 2. The Morgan fingerprint density at radius 3 is 1.55 bits per heavy atom. The summed E-state index contributed by atoms with van der Waals surface area (Å²) in [7, 11) is 0. The standard InChI is InChI=1S/C18H20O4/c1-10(21-17(19)15-8-11-2-4-13(15)6-11)22-18(20)16-9-12-3-5-14(16)7-12/h2-5,11-16H,1,6-9H2. The lowest BCUT2D eigenvalue weighted by Crippen LogP contribution is -2.25. The van der Waals surface area contributed by atoms with Crippen molar-refractivity contribution in [3.63, 3.8) is 0 Å². The largest absolute Gasteiger partial charge is 0.393 e. The molecule has 116 valence electrons. The molecule has 4 rings (SSSR count). The van der Waals surface area contributed by atoms with Gasteiger partial charge in [-0.1, -0.05) is 24.3 Å². The van der Waals surface area contributed by atoms with E-state index in [1.807, 2.05) is 0 Å². The predicted octanol–water partition coefficient (Wildman–Crippen LogP) is 2.97. The van der Waals surface area contributed by atoms with Crippen molar-refractivity contribution in [1.29, 1.82) is 0 Å². The van der Waals surface area contributed by atoms with Gasteiger partial charge < -0.3 is 9.47 Å². The normalized spacial score (nSPS) is 40.2. The molecule has 0 aliphatic heterocycles. The first-order chi connectivity index (χ1) is 10.6. The van der Waals surface area contributed by atoms with Gasteiger partial charge in [0.05, 0.1) is 11.8 Å². The van der Waals surface area contributed by atoms with Crippen LogP contribution in [0.4, 0.5) is 0 Å². The third kappa shape index (κ3) is 2.31. The summed E-state index contributed by atoms with van der Waals surface area (Å²) in [6, 6.07) is 0. The van der Waals surface area contributed by atoms with Gasteiger partial charge in [-0.15, -0.1) is 0 Å². The van der Waals surface area contributed by atoms with Crippen molar-refractivity contribution in [2.75, 3.05) is 0 Å². The van der Waals surface area contributed by atoms with E-state index in [-0.39, 0.29) is 41.6 Å². The van der Waals surface area contributed by atoms with Crippen LogP contribution in [0.5, 0.6) is 0 Å². The van der Waals surface area contributed by atoms with Crippen LogP contribution < -0.4 is 0 Å². The monoisotopic (exact) mass is 300 g/mol. The van der Waals surface area contributed by atoms with E-state index in [1.54, 1.807) is 0 Å². The summed E-state index contributed by atoms with van der Waals surface area (Å²) in [5, 5.41) is 0. The average Bonchev–Trinajstić information content (AvgIpc) is 3.26. The number of carbonyl (C=O) groups is 2. The summed E-state index contributed by atoms with van der Waals surface area (Å²) in [6.45, 7) is 3.58. The molecule has 0 aromatic heterocycles. The van der Waals surface area contributed by atoms with E-state index in [4.69, 9.17) is 9.47 Å². The molecule has 0 amide bonds. The molecular weight excluding hydrogens is 280 g/mol. The molecule has 0 radical (unpaired) electrons. The van der Waals surface area contributed by atoms with Crippen LogP contribution in [-0.2, 0) is 19.1 Å². The summed E-state index contributed by atoms with van der Waals surface area (Å²) in [4.78, 5) is 24.3. The molecule has 0 saturated heterocycles. The lowest BCUT2D eigenvalue weighted by molar-refractivity contribution is -0.160. The molecule has 0 aromatic carbocycles. The molecule has 6 atom stereocenters. The summed E-state index contributed by atoms with van der Waals surface area (Å²) in [6.07, 6.45) is 12.3. The van der Waals surface area contributed by atoms with Crippen LogP contribution in [0.1, 0.15) is 25.7 Å². The van der Waals surface area contributed by atoms with Crippen molar-refractivity contribution in [1.82, 2.24) is 0 Å². The second-order valence-corrected chi connectivity index (χ2v) is 6.99. The van der Waals surface area contributed by atoms with Crippen molar-refractivity contribution in [3.8, 4) is 0 Å². The maximum Gasteiger partial charge on any atom is 0.317 e. The zero-order valence-corrected chi connectivity index (χ0v) is 12.4. The van der Waals surface area contributed by atoms with Crippen LogP contribution in [0.25, 0.3) is 0 Å². The molecule has 4 aliphatic rings. The number of hydrogen-bond donors (Lipinski definition) is 0. The first-order valence-electron chi connectivity index (χ1n) is 8.09. The molecular formula is C18H20O4. The van der Waals surface area contributed by atoms with E-state index in [0.717, 1.165) is 25.7 Å². The van der Waals surface area contributed by atoms with Gasteiger partial charge in [0.1, 0.15) is 0 Å². The van der Waals surface area contributed by atoms with Gasteiger partial charge in [0.15, 0.2) is 0 Å². The molecule has 6 unspecified atom stereocenters. The third-order valence-corrected chi connectivity index (χ3v) is 5.59. The topological polar surface area (TPSA) is 52.6 Å². The highest BCUT2D eigenvalue weighted by atomic mass is 16.7. The predicted molar refractivity (Wildman–Crippen MR) is 79.0 cm³/mol. The molecule has 2 fully saturated rings. The second kappa shape index (κ2) is 5.11. The highest BCUT2D eigenvalue weighted by Gasteiger charge is 2.43. The first kappa shape index (κ1) is 13.8. The molecule has 0 aromatic rings. The van der Waals surface area contributed by atoms with Crippen LogP contribution in [-0.4, -0.2) is 11.9 Å². The minimum absolute atomic E-state index is 0.115. The van der Waals surface area contributed by atoms with Crippen molar-refractivity contribution in [2.24, 2.45) is 35.5 Å². The fraction of sp³-hybridized carbons (Fsp3) is 0.556. The van der Waals surface area contributed by atoms with Gasteiger partial charge in [0, 0.05) is 0 Å². The molecule has 4 nitrogen and oxygen atoms in total. The summed E-state index contributed by atoms with van der Waals surface area (Å²) < 4.78 is 10.3. The quantitative estimate of drug-likeness (QED) is 0.455. The van der Waals surface area contributed by atoms with Gasteiger partial charge in [-0.05, 0) is 55.9 Å². The Hall–Kier alpha value is -1.84. The van der Waals surface area contributed by atoms with Crippen molar-refractivity contribution in [2.45, 2.75) is 25.7 Å². The lowest BCUT2D eigenvalue weighted by Gasteiger charge is -2.19. The molecule has 0 heterocycles. The number of esters is 2. The van der Waals surface area contributed by atoms with Crippen LogP contribution in [0, 0.1) is 35.5 Å². The van der Waals surface area contributed by atoms with E-state index in [0.29, 0.717) is 11.8 Å². The molecule has 2 saturated carbocycles. The van der Waals surface area contributed by atoms with Gasteiger partial charge in [0.25, 0.3) is 5.95 Å². The highest BCUT2D eigenvalue weighted by Crippen LogP contribution is 2.45. The molecule has 22 heavy (non-hydrogen) atoms. The van der Waals surface area contributed by atoms with Crippen LogP contribution in [0.15, 0.2) is 36.8 Å². The Bertz CT molecular complexity index is 538. The van der Waals surface area contributed by atoms with Gasteiger partial charge in [-0.2, -0.15) is 0 Å². The van der Waals surface area contributed by atoms with E-state index in [1.165, 1.54) is 0 Å². The summed E-state index contributed by atoms with van der Waals surface area (Å²) in [5.74, 6) is 0.511. The van der Waals surface area contributed by atoms with Gasteiger partial charge in [0.2, 0.25) is 0 Å². The fourth-order valence-electron chi connectivity index (χ4n) is 4.50. The number of rotatable bonds is 4. The molecule has 0 spiro atoms. The minimum Gasteiger partial charge on any atom is -0.393 e. The number of hydrogen-bond acceptors (Lipinski definition) is 4. The summed E-state index contributed by atoms with van der Waals surface area (Å²) in [5.41, 5.74) is 0. The molecule has 4 aliphatic carbocycles. The Kier molecular flexibility index (Phi) is 3.21. The van der Waals surface area contributed by atoms with E-state index in [9.17, 15) is 9.59 Å². The van der Waals surface area contributed by atoms with Gasteiger partial charge >= 0.3 is 11.9 Å². The first-order valence-corrected chi connectivity index (χ1v) is 8.09. The number of carbonyl (C=O) groups excluding carboxylic acids is 2. The van der Waals surface area contributed by atoms with Crippen LogP contribution in [0.3, 0.4) is 0 Å². The third-order valence-electron chi connectivity index (χ3n) is 5.59.